The number of carbonyl (C=O) groups is 1. The summed E-state index contributed by atoms with van der Waals surface area (Å²) < 4.78 is 50.2. The lowest BCUT2D eigenvalue weighted by Crippen LogP contribution is -2.25. The Labute approximate surface area is 109 Å². The Balaban J connectivity index is 2.88. The molecule has 2 nitrogen and oxygen atoms in total. The number of nitrogens with one attached hydrogen (secondary N) is 1. The third-order valence-corrected chi connectivity index (χ3v) is 2.69. The van der Waals surface area contributed by atoms with Crippen molar-refractivity contribution in [2.75, 3.05) is 11.9 Å². The van der Waals surface area contributed by atoms with E-state index in [4.69, 9.17) is 0 Å². The molecule has 0 spiro atoms. The summed E-state index contributed by atoms with van der Waals surface area (Å²) in [5, 5.41) is 3.11. The molecule has 0 heterocycles. The molecule has 0 aliphatic heterocycles. The number of benzene rings is 1. The molecule has 1 aromatic rings. The predicted octanol–water partition coefficient (Wildman–Crippen LogP) is 3.36. The van der Waals surface area contributed by atoms with Crippen LogP contribution in [0.25, 0.3) is 0 Å². The van der Waals surface area contributed by atoms with Crippen LogP contribution in [0.5, 0.6) is 0 Å². The molecule has 1 amide bonds. The fraction of sp³-hybridized carbons (Fsp3) is 0.364. The van der Waals surface area contributed by atoms with E-state index < -0.39 is 23.5 Å². The molecule has 7 heteroatoms. The zero-order chi connectivity index (χ0) is 13.8. The van der Waals surface area contributed by atoms with Gasteiger partial charge in [0.2, 0.25) is 0 Å². The number of halogens is 5. The topological polar surface area (TPSA) is 29.1 Å². The van der Waals surface area contributed by atoms with Gasteiger partial charge in [0.05, 0.1) is 5.56 Å². The number of hydrogen-bond donors (Lipinski definition) is 1. The standard InChI is InChI=1S/C11H10BrF4NO/c12-4-1-5-17-10(18)7-2-3-9(13)8(6-7)11(14,15)16/h2-3,6H,1,4-5H2,(H,17,18). The van der Waals surface area contributed by atoms with Crippen molar-refractivity contribution in [1.29, 1.82) is 0 Å². The van der Waals surface area contributed by atoms with E-state index in [1.807, 2.05) is 0 Å². The van der Waals surface area contributed by atoms with Gasteiger partial charge >= 0.3 is 6.18 Å². The lowest BCUT2D eigenvalue weighted by molar-refractivity contribution is -0.140. The van der Waals surface area contributed by atoms with Crippen LogP contribution in [0.2, 0.25) is 0 Å². The highest BCUT2D eigenvalue weighted by Crippen LogP contribution is 2.31. The Bertz CT molecular complexity index is 434. The van der Waals surface area contributed by atoms with E-state index in [0.717, 1.165) is 6.07 Å². The lowest BCUT2D eigenvalue weighted by Gasteiger charge is -2.10. The second-order valence-corrected chi connectivity index (χ2v) is 4.28. The van der Waals surface area contributed by atoms with Crippen LogP contribution in [-0.2, 0) is 6.18 Å². The Hall–Kier alpha value is -1.11. The third kappa shape index (κ3) is 3.97. The van der Waals surface area contributed by atoms with E-state index >= 15 is 0 Å². The van der Waals surface area contributed by atoms with E-state index in [-0.39, 0.29) is 5.56 Å². The summed E-state index contributed by atoms with van der Waals surface area (Å²) in [5.74, 6) is -2.04. The van der Waals surface area contributed by atoms with Crippen LogP contribution in [0.1, 0.15) is 22.3 Å². The van der Waals surface area contributed by atoms with Gasteiger partial charge in [0, 0.05) is 17.4 Å². The molecule has 1 N–H and O–H groups in total. The first-order chi connectivity index (χ1) is 8.36. The van der Waals surface area contributed by atoms with Gasteiger partial charge in [-0.15, -0.1) is 0 Å². The second-order valence-electron chi connectivity index (χ2n) is 3.49. The SMILES string of the molecule is O=C(NCCCBr)c1ccc(F)c(C(F)(F)F)c1. The Morgan fingerprint density at radius 1 is 1.33 bits per heavy atom. The normalized spacial score (nSPS) is 11.4. The zero-order valence-electron chi connectivity index (χ0n) is 9.15. The predicted molar refractivity (Wildman–Crippen MR) is 62.1 cm³/mol. The Kier molecular flexibility index (Phi) is 5.13. The number of alkyl halides is 4. The van der Waals surface area contributed by atoms with Crippen LogP contribution in [0.15, 0.2) is 18.2 Å². The van der Waals surface area contributed by atoms with Gasteiger partial charge in [-0.1, -0.05) is 15.9 Å². The number of hydrogen-bond acceptors (Lipinski definition) is 1. The van der Waals surface area contributed by atoms with E-state index in [9.17, 15) is 22.4 Å². The van der Waals surface area contributed by atoms with E-state index in [1.54, 1.807) is 0 Å². The maximum absolute atomic E-state index is 13.0. The minimum absolute atomic E-state index is 0.210. The van der Waals surface area contributed by atoms with Crippen LogP contribution in [0, 0.1) is 5.82 Å². The number of amides is 1. The summed E-state index contributed by atoms with van der Waals surface area (Å²) in [6.45, 7) is 0.336. The van der Waals surface area contributed by atoms with Gasteiger partial charge < -0.3 is 5.32 Å². The molecule has 0 aliphatic carbocycles. The van der Waals surface area contributed by atoms with Gasteiger partial charge in [-0.2, -0.15) is 13.2 Å². The highest BCUT2D eigenvalue weighted by molar-refractivity contribution is 9.09. The molecular weight excluding hydrogens is 318 g/mol. The highest BCUT2D eigenvalue weighted by atomic mass is 79.9. The van der Waals surface area contributed by atoms with Crippen LogP contribution < -0.4 is 5.32 Å². The molecule has 0 saturated carbocycles. The molecule has 0 bridgehead atoms. The largest absolute Gasteiger partial charge is 0.419 e. The fourth-order valence-electron chi connectivity index (χ4n) is 1.25. The van der Waals surface area contributed by atoms with Gasteiger partial charge in [-0.05, 0) is 24.6 Å². The molecule has 0 aliphatic rings. The first-order valence-corrected chi connectivity index (χ1v) is 6.19. The van der Waals surface area contributed by atoms with Gasteiger partial charge in [0.25, 0.3) is 5.91 Å². The zero-order valence-corrected chi connectivity index (χ0v) is 10.7. The molecule has 0 saturated heterocycles. The number of rotatable bonds is 4. The van der Waals surface area contributed by atoms with Crippen LogP contribution in [-0.4, -0.2) is 17.8 Å². The summed E-state index contributed by atoms with van der Waals surface area (Å²) in [7, 11) is 0. The van der Waals surface area contributed by atoms with Crippen molar-refractivity contribution in [2.45, 2.75) is 12.6 Å². The minimum atomic E-state index is -4.81. The first kappa shape index (κ1) is 14.9. The van der Waals surface area contributed by atoms with Gasteiger partial charge in [0.15, 0.2) is 0 Å². The van der Waals surface area contributed by atoms with Crippen molar-refractivity contribution in [3.63, 3.8) is 0 Å². The molecular formula is C11H10BrF4NO. The van der Waals surface area contributed by atoms with Crippen molar-refractivity contribution < 1.29 is 22.4 Å². The van der Waals surface area contributed by atoms with Crippen molar-refractivity contribution in [3.05, 3.63) is 35.1 Å². The van der Waals surface area contributed by atoms with Crippen LogP contribution >= 0.6 is 15.9 Å². The van der Waals surface area contributed by atoms with E-state index in [0.29, 0.717) is 30.4 Å². The molecule has 1 aromatic carbocycles. The fourth-order valence-corrected chi connectivity index (χ4v) is 1.53. The molecule has 18 heavy (non-hydrogen) atoms. The average molecular weight is 328 g/mol. The minimum Gasteiger partial charge on any atom is -0.352 e. The highest BCUT2D eigenvalue weighted by Gasteiger charge is 2.34. The Morgan fingerprint density at radius 3 is 2.56 bits per heavy atom. The van der Waals surface area contributed by atoms with Gasteiger partial charge in [-0.3, -0.25) is 4.79 Å². The summed E-state index contributed by atoms with van der Waals surface area (Å²) >= 11 is 3.15. The van der Waals surface area contributed by atoms with Crippen LogP contribution in [0.3, 0.4) is 0 Å². The summed E-state index contributed by atoms with van der Waals surface area (Å²) in [4.78, 5) is 11.5. The summed E-state index contributed by atoms with van der Waals surface area (Å²) in [6.07, 6.45) is -4.16. The molecule has 0 unspecified atom stereocenters. The molecule has 0 fully saturated rings. The first-order valence-electron chi connectivity index (χ1n) is 5.07. The second kappa shape index (κ2) is 6.17. The molecule has 100 valence electrons. The average Bonchev–Trinajstić information content (AvgIpc) is 2.28. The summed E-state index contributed by atoms with van der Waals surface area (Å²) in [5.41, 5.74) is -1.64. The van der Waals surface area contributed by atoms with Gasteiger partial charge in [-0.25, -0.2) is 4.39 Å². The maximum atomic E-state index is 13.0. The Morgan fingerprint density at radius 2 is 2.00 bits per heavy atom. The van der Waals surface area contributed by atoms with Crippen molar-refractivity contribution in [2.24, 2.45) is 0 Å². The van der Waals surface area contributed by atoms with Gasteiger partial charge in [0.1, 0.15) is 5.82 Å². The molecule has 0 aromatic heterocycles. The smallest absolute Gasteiger partial charge is 0.352 e. The lowest BCUT2D eigenvalue weighted by atomic mass is 10.1. The molecule has 0 radical (unpaired) electrons. The molecule has 1 rings (SSSR count). The number of carbonyl (C=O) groups excluding carboxylic acids is 1. The van der Waals surface area contributed by atoms with Crippen molar-refractivity contribution in [3.8, 4) is 0 Å². The van der Waals surface area contributed by atoms with Crippen molar-refractivity contribution >= 4 is 21.8 Å². The quantitative estimate of drug-likeness (QED) is 0.513. The maximum Gasteiger partial charge on any atom is 0.419 e. The monoisotopic (exact) mass is 327 g/mol. The van der Waals surface area contributed by atoms with E-state index in [2.05, 4.69) is 21.2 Å². The van der Waals surface area contributed by atoms with Crippen LogP contribution in [0.4, 0.5) is 17.6 Å². The molecule has 0 atom stereocenters. The van der Waals surface area contributed by atoms with Crippen molar-refractivity contribution in [1.82, 2.24) is 5.32 Å². The third-order valence-electron chi connectivity index (χ3n) is 2.13. The van der Waals surface area contributed by atoms with E-state index in [1.165, 1.54) is 0 Å². The summed E-state index contributed by atoms with van der Waals surface area (Å²) in [6, 6.07) is 2.18.